The normalized spacial score (nSPS) is 13.2. The average molecular weight is 252 g/mol. The van der Waals surface area contributed by atoms with Gasteiger partial charge in [0.2, 0.25) is 0 Å². The minimum Gasteiger partial charge on any atom is -0.308 e. The van der Waals surface area contributed by atoms with Crippen molar-refractivity contribution in [3.8, 4) is 0 Å². The van der Waals surface area contributed by atoms with E-state index in [1.807, 2.05) is 47.4 Å². The topological polar surface area (TPSA) is 32.3 Å². The Hall–Kier alpha value is -2.29. The molecule has 0 unspecified atom stereocenters. The first-order valence-corrected chi connectivity index (χ1v) is 6.47. The zero-order valence-corrected chi connectivity index (χ0v) is 10.9. The van der Waals surface area contributed by atoms with Crippen LogP contribution in [0.1, 0.15) is 11.1 Å². The van der Waals surface area contributed by atoms with Crippen molar-refractivity contribution >= 4 is 17.4 Å². The van der Waals surface area contributed by atoms with Gasteiger partial charge < -0.3 is 5.32 Å². The van der Waals surface area contributed by atoms with Crippen molar-refractivity contribution in [1.29, 1.82) is 0 Å². The van der Waals surface area contributed by atoms with E-state index in [9.17, 15) is 4.79 Å². The number of carbonyl (C=O) groups is 1. The summed E-state index contributed by atoms with van der Waals surface area (Å²) < 4.78 is 0. The van der Waals surface area contributed by atoms with Crippen molar-refractivity contribution in [2.24, 2.45) is 0 Å². The van der Waals surface area contributed by atoms with Crippen LogP contribution in [-0.2, 0) is 6.42 Å². The molecule has 3 nitrogen and oxygen atoms in total. The number of nitrogens with one attached hydrogen (secondary N) is 1. The average Bonchev–Trinajstić information content (AvgIpc) is 2.82. The SMILES string of the molecule is Cc1ccc2c(c1)CCN2C(=O)Nc1ccccc1. The van der Waals surface area contributed by atoms with E-state index in [2.05, 4.69) is 18.3 Å². The van der Waals surface area contributed by atoms with Gasteiger partial charge in [-0.05, 0) is 37.1 Å². The Kier molecular flexibility index (Phi) is 2.95. The molecule has 0 fully saturated rings. The van der Waals surface area contributed by atoms with Gasteiger partial charge >= 0.3 is 6.03 Å². The Balaban J connectivity index is 1.80. The maximum atomic E-state index is 12.3. The number of hydrogen-bond donors (Lipinski definition) is 1. The number of para-hydroxylation sites is 1. The first-order valence-electron chi connectivity index (χ1n) is 6.47. The lowest BCUT2D eigenvalue weighted by molar-refractivity contribution is 0.257. The molecule has 1 N–H and O–H groups in total. The Morgan fingerprint density at radius 3 is 2.74 bits per heavy atom. The molecule has 3 rings (SSSR count). The van der Waals surface area contributed by atoms with Crippen molar-refractivity contribution in [2.75, 3.05) is 16.8 Å². The van der Waals surface area contributed by atoms with Gasteiger partial charge in [0.25, 0.3) is 0 Å². The molecule has 0 saturated carbocycles. The van der Waals surface area contributed by atoms with Gasteiger partial charge in [0.15, 0.2) is 0 Å². The van der Waals surface area contributed by atoms with E-state index >= 15 is 0 Å². The summed E-state index contributed by atoms with van der Waals surface area (Å²) in [6.45, 7) is 2.82. The third kappa shape index (κ3) is 2.32. The van der Waals surface area contributed by atoms with Gasteiger partial charge in [0, 0.05) is 17.9 Å². The van der Waals surface area contributed by atoms with Crippen LogP contribution in [0.25, 0.3) is 0 Å². The second-order valence-corrected chi connectivity index (χ2v) is 4.83. The van der Waals surface area contributed by atoms with E-state index in [0.29, 0.717) is 0 Å². The standard InChI is InChI=1S/C16H16N2O/c1-12-7-8-15-13(11-12)9-10-18(15)16(19)17-14-5-3-2-4-6-14/h2-8,11H,9-10H2,1H3,(H,17,19). The first kappa shape index (κ1) is 11.8. The van der Waals surface area contributed by atoms with E-state index in [0.717, 1.165) is 24.3 Å². The molecule has 2 amide bonds. The number of fused-ring (bicyclic) bond motifs is 1. The van der Waals surface area contributed by atoms with Crippen LogP contribution in [0, 0.1) is 6.92 Å². The largest absolute Gasteiger partial charge is 0.326 e. The Morgan fingerprint density at radius 1 is 1.16 bits per heavy atom. The molecule has 0 radical (unpaired) electrons. The van der Waals surface area contributed by atoms with Crippen LogP contribution in [0.2, 0.25) is 0 Å². The number of rotatable bonds is 1. The van der Waals surface area contributed by atoms with Gasteiger partial charge in [0.1, 0.15) is 0 Å². The van der Waals surface area contributed by atoms with Crippen LogP contribution >= 0.6 is 0 Å². The fraction of sp³-hybridized carbons (Fsp3) is 0.188. The molecular weight excluding hydrogens is 236 g/mol. The highest BCUT2D eigenvalue weighted by molar-refractivity contribution is 6.03. The van der Waals surface area contributed by atoms with Crippen LogP contribution in [0.15, 0.2) is 48.5 Å². The summed E-state index contributed by atoms with van der Waals surface area (Å²) in [5.74, 6) is 0. The Bertz CT molecular complexity index is 607. The number of hydrogen-bond acceptors (Lipinski definition) is 1. The van der Waals surface area contributed by atoms with E-state index in [1.165, 1.54) is 11.1 Å². The summed E-state index contributed by atoms with van der Waals surface area (Å²) in [5, 5.41) is 2.93. The third-order valence-corrected chi connectivity index (χ3v) is 3.40. The van der Waals surface area contributed by atoms with Crippen molar-refractivity contribution in [1.82, 2.24) is 0 Å². The lowest BCUT2D eigenvalue weighted by Gasteiger charge is -2.18. The Morgan fingerprint density at radius 2 is 1.95 bits per heavy atom. The molecule has 2 aromatic carbocycles. The van der Waals surface area contributed by atoms with Gasteiger partial charge in [-0.3, -0.25) is 4.90 Å². The maximum absolute atomic E-state index is 12.3. The Labute approximate surface area is 112 Å². The number of carbonyl (C=O) groups excluding carboxylic acids is 1. The third-order valence-electron chi connectivity index (χ3n) is 3.40. The number of amides is 2. The number of aryl methyl sites for hydroxylation is 1. The number of nitrogens with zero attached hydrogens (tertiary/aromatic N) is 1. The second-order valence-electron chi connectivity index (χ2n) is 4.83. The predicted octanol–water partition coefficient (Wildman–Crippen LogP) is 3.59. The zero-order valence-electron chi connectivity index (χ0n) is 10.9. The van der Waals surface area contributed by atoms with Gasteiger partial charge in [-0.15, -0.1) is 0 Å². The monoisotopic (exact) mass is 252 g/mol. The molecule has 0 spiro atoms. The summed E-state index contributed by atoms with van der Waals surface area (Å²) in [7, 11) is 0. The predicted molar refractivity (Wildman–Crippen MR) is 77.7 cm³/mol. The van der Waals surface area contributed by atoms with Gasteiger partial charge in [-0.2, -0.15) is 0 Å². The van der Waals surface area contributed by atoms with Crippen LogP contribution in [0.4, 0.5) is 16.2 Å². The lowest BCUT2D eigenvalue weighted by Crippen LogP contribution is -2.33. The molecule has 2 aromatic rings. The minimum absolute atomic E-state index is 0.0613. The molecule has 1 aliphatic heterocycles. The van der Waals surface area contributed by atoms with E-state index in [-0.39, 0.29) is 6.03 Å². The summed E-state index contributed by atoms with van der Waals surface area (Å²) in [5.41, 5.74) is 4.35. The van der Waals surface area contributed by atoms with E-state index < -0.39 is 0 Å². The molecular formula is C16H16N2O. The molecule has 0 aliphatic carbocycles. The zero-order chi connectivity index (χ0) is 13.2. The van der Waals surface area contributed by atoms with Crippen molar-refractivity contribution in [3.63, 3.8) is 0 Å². The molecule has 96 valence electrons. The molecule has 1 aliphatic rings. The second kappa shape index (κ2) is 4.76. The van der Waals surface area contributed by atoms with Crippen molar-refractivity contribution in [2.45, 2.75) is 13.3 Å². The number of anilines is 2. The molecule has 1 heterocycles. The molecule has 3 heteroatoms. The summed E-state index contributed by atoms with van der Waals surface area (Å²) >= 11 is 0. The number of benzene rings is 2. The summed E-state index contributed by atoms with van der Waals surface area (Å²) in [6, 6.07) is 15.7. The van der Waals surface area contributed by atoms with E-state index in [1.54, 1.807) is 0 Å². The number of urea groups is 1. The summed E-state index contributed by atoms with van der Waals surface area (Å²) in [6.07, 6.45) is 0.930. The molecule has 0 saturated heterocycles. The van der Waals surface area contributed by atoms with Crippen molar-refractivity contribution in [3.05, 3.63) is 59.7 Å². The van der Waals surface area contributed by atoms with Gasteiger partial charge in [-0.1, -0.05) is 35.9 Å². The van der Waals surface area contributed by atoms with Crippen LogP contribution < -0.4 is 10.2 Å². The van der Waals surface area contributed by atoms with Gasteiger partial charge in [0.05, 0.1) is 0 Å². The van der Waals surface area contributed by atoms with Crippen LogP contribution in [0.5, 0.6) is 0 Å². The molecule has 19 heavy (non-hydrogen) atoms. The fourth-order valence-electron chi connectivity index (χ4n) is 2.45. The highest BCUT2D eigenvalue weighted by Gasteiger charge is 2.24. The highest BCUT2D eigenvalue weighted by atomic mass is 16.2. The molecule has 0 aromatic heterocycles. The van der Waals surface area contributed by atoms with Gasteiger partial charge in [-0.25, -0.2) is 4.79 Å². The van der Waals surface area contributed by atoms with Crippen LogP contribution in [0.3, 0.4) is 0 Å². The maximum Gasteiger partial charge on any atom is 0.326 e. The lowest BCUT2D eigenvalue weighted by atomic mass is 10.1. The fourth-order valence-corrected chi connectivity index (χ4v) is 2.45. The molecule has 0 bridgehead atoms. The van der Waals surface area contributed by atoms with Crippen molar-refractivity contribution < 1.29 is 4.79 Å². The quantitative estimate of drug-likeness (QED) is 0.826. The summed E-state index contributed by atoms with van der Waals surface area (Å²) in [4.78, 5) is 14.1. The van der Waals surface area contributed by atoms with Crippen LogP contribution in [-0.4, -0.2) is 12.6 Å². The van der Waals surface area contributed by atoms with E-state index in [4.69, 9.17) is 0 Å². The molecule has 0 atom stereocenters. The highest BCUT2D eigenvalue weighted by Crippen LogP contribution is 2.29. The minimum atomic E-state index is -0.0613. The first-order chi connectivity index (χ1) is 9.24. The smallest absolute Gasteiger partial charge is 0.308 e.